The minimum absolute atomic E-state index is 0.165. The number of rotatable bonds is 16. The standard InChI is InChI=1S/C50H52N6O9/c1-29(2)18-47(57)53-30(3)48(58)54-35-12-8-31(9-13-35)33-19-36-25-51-41-23-45(43(62-5)21-39(41)49(59)55(36)27-33)64-16-7-17-65-46-24-42-40(22-44(46)63-6)50(60)56-28-34(20-37(56)26-52-42)32-10-14-38(61-4)15-11-32/h8-15,21-30,36-37H,7,16-20H2,1-6H3,(H,53,57)(H,54,58). The Hall–Kier alpha value is -7.42. The van der Waals surface area contributed by atoms with Gasteiger partial charge in [0.2, 0.25) is 11.8 Å². The van der Waals surface area contributed by atoms with Gasteiger partial charge >= 0.3 is 0 Å². The number of hydrogen-bond donors (Lipinski definition) is 2. The Morgan fingerprint density at radius 3 is 1.63 bits per heavy atom. The SMILES string of the molecule is COc1ccc(C2=CN3C(=O)c4cc(OC)c(OCCCOc5cc6c(cc5OC)C(=O)N5C=C(c7ccc(NC(=O)C(C)NC(=O)CC(C)C)cc7)CC5C=N6)cc4N=CC3C2)cc1. The summed E-state index contributed by atoms with van der Waals surface area (Å²) in [7, 11) is 4.68. The van der Waals surface area contributed by atoms with Crippen molar-refractivity contribution in [1.82, 2.24) is 15.1 Å². The van der Waals surface area contributed by atoms with Crippen molar-refractivity contribution in [2.24, 2.45) is 15.9 Å². The number of methoxy groups -OCH3 is 3. The molecule has 4 aromatic rings. The number of amides is 4. The van der Waals surface area contributed by atoms with E-state index in [0.29, 0.717) is 76.9 Å². The summed E-state index contributed by atoms with van der Waals surface area (Å²) in [5.74, 6) is 1.80. The third kappa shape index (κ3) is 9.59. The van der Waals surface area contributed by atoms with Crippen molar-refractivity contribution in [2.75, 3.05) is 39.9 Å². The Bertz CT molecular complexity index is 2620. The lowest BCUT2D eigenvalue weighted by Gasteiger charge is -2.19. The predicted octanol–water partition coefficient (Wildman–Crippen LogP) is 7.99. The minimum atomic E-state index is -0.680. The van der Waals surface area contributed by atoms with E-state index in [1.54, 1.807) is 72.7 Å². The number of carbonyl (C=O) groups excluding carboxylic acids is 4. The van der Waals surface area contributed by atoms with Crippen LogP contribution in [0.3, 0.4) is 0 Å². The Labute approximate surface area is 377 Å². The number of hydrogen-bond acceptors (Lipinski definition) is 11. The lowest BCUT2D eigenvalue weighted by atomic mass is 10.0. The summed E-state index contributed by atoms with van der Waals surface area (Å²) in [5, 5.41) is 5.59. The monoisotopic (exact) mass is 880 g/mol. The van der Waals surface area contributed by atoms with E-state index in [2.05, 4.69) is 10.6 Å². The first kappa shape index (κ1) is 44.2. The maximum Gasteiger partial charge on any atom is 0.260 e. The van der Waals surface area contributed by atoms with Crippen LogP contribution >= 0.6 is 0 Å². The van der Waals surface area contributed by atoms with Crippen LogP contribution in [0.2, 0.25) is 0 Å². The summed E-state index contributed by atoms with van der Waals surface area (Å²) in [6.45, 7) is 6.10. The lowest BCUT2D eigenvalue weighted by Crippen LogP contribution is -2.41. The number of ether oxygens (including phenoxy) is 5. The van der Waals surface area contributed by atoms with Crippen LogP contribution in [0.15, 0.2) is 95.2 Å². The molecular weight excluding hydrogens is 829 g/mol. The van der Waals surface area contributed by atoms with Crippen LogP contribution in [0.4, 0.5) is 17.1 Å². The highest BCUT2D eigenvalue weighted by Gasteiger charge is 2.35. The number of nitrogens with one attached hydrogen (secondary N) is 2. The van der Waals surface area contributed by atoms with Gasteiger partial charge in [0.15, 0.2) is 23.0 Å². The molecule has 4 aromatic carbocycles. The molecule has 4 amide bonds. The van der Waals surface area contributed by atoms with Crippen LogP contribution in [-0.4, -0.2) is 98.5 Å². The number of fused-ring (bicyclic) bond motifs is 4. The topological polar surface area (TPSA) is 170 Å². The molecule has 3 atom stereocenters. The lowest BCUT2D eigenvalue weighted by molar-refractivity contribution is -0.126. The van der Waals surface area contributed by atoms with E-state index in [0.717, 1.165) is 28.0 Å². The van der Waals surface area contributed by atoms with Crippen LogP contribution in [0.1, 0.15) is 78.3 Å². The highest BCUT2D eigenvalue weighted by Crippen LogP contribution is 2.42. The number of aliphatic imine (C=N–C) groups is 2. The quantitative estimate of drug-likeness (QED) is 0.106. The maximum atomic E-state index is 14.0. The molecule has 0 aromatic heterocycles. The van der Waals surface area contributed by atoms with Gasteiger partial charge in [-0.2, -0.15) is 0 Å². The van der Waals surface area contributed by atoms with Crippen LogP contribution in [0.25, 0.3) is 11.1 Å². The molecule has 0 spiro atoms. The van der Waals surface area contributed by atoms with Crippen molar-refractivity contribution in [3.63, 3.8) is 0 Å². The highest BCUT2D eigenvalue weighted by atomic mass is 16.5. The Morgan fingerprint density at radius 1 is 0.677 bits per heavy atom. The Morgan fingerprint density at radius 2 is 1.17 bits per heavy atom. The van der Waals surface area contributed by atoms with Gasteiger partial charge in [-0.1, -0.05) is 38.1 Å². The Balaban J connectivity index is 0.864. The minimum Gasteiger partial charge on any atom is -0.497 e. The summed E-state index contributed by atoms with van der Waals surface area (Å²) in [6.07, 6.45) is 9.33. The Kier molecular flexibility index (Phi) is 13.0. The first-order valence-corrected chi connectivity index (χ1v) is 21.6. The van der Waals surface area contributed by atoms with Crippen molar-refractivity contribution in [3.05, 3.63) is 107 Å². The predicted molar refractivity (Wildman–Crippen MR) is 248 cm³/mol. The van der Waals surface area contributed by atoms with Gasteiger partial charge in [-0.25, -0.2) is 0 Å². The van der Waals surface area contributed by atoms with Crippen LogP contribution in [-0.2, 0) is 9.59 Å². The van der Waals surface area contributed by atoms with Gasteiger partial charge in [0.1, 0.15) is 11.8 Å². The molecule has 0 fully saturated rings. The fourth-order valence-electron chi connectivity index (χ4n) is 8.13. The van der Waals surface area contributed by atoms with Gasteiger partial charge in [0, 0.05) is 68.3 Å². The first-order valence-electron chi connectivity index (χ1n) is 21.6. The zero-order chi connectivity index (χ0) is 45.8. The molecule has 15 heteroatoms. The highest BCUT2D eigenvalue weighted by molar-refractivity contribution is 6.06. The normalized spacial score (nSPS) is 17.5. The summed E-state index contributed by atoms with van der Waals surface area (Å²) in [5.41, 5.74) is 6.28. The number of anilines is 1. The third-order valence-electron chi connectivity index (χ3n) is 11.6. The van der Waals surface area contributed by atoms with Crippen LogP contribution in [0, 0.1) is 5.92 Å². The zero-order valence-corrected chi connectivity index (χ0v) is 37.3. The fourth-order valence-corrected chi connectivity index (χ4v) is 8.13. The molecule has 0 radical (unpaired) electrons. The van der Waals surface area contributed by atoms with E-state index in [9.17, 15) is 19.2 Å². The van der Waals surface area contributed by atoms with Gasteiger partial charge in [0.05, 0.1) is 69.1 Å². The molecule has 2 N–H and O–H groups in total. The maximum absolute atomic E-state index is 14.0. The fraction of sp³-hybridized carbons (Fsp3) is 0.320. The average Bonchev–Trinajstić information content (AvgIpc) is 3.88. The molecule has 65 heavy (non-hydrogen) atoms. The van der Waals surface area contributed by atoms with Crippen LogP contribution in [0.5, 0.6) is 28.7 Å². The van der Waals surface area contributed by atoms with E-state index in [-0.39, 0.29) is 54.8 Å². The molecule has 15 nitrogen and oxygen atoms in total. The molecule has 336 valence electrons. The number of benzene rings is 4. The summed E-state index contributed by atoms with van der Waals surface area (Å²) >= 11 is 0. The van der Waals surface area contributed by atoms with Crippen LogP contribution < -0.4 is 34.3 Å². The molecule has 0 aliphatic carbocycles. The van der Waals surface area contributed by atoms with Crippen molar-refractivity contribution in [1.29, 1.82) is 0 Å². The molecule has 3 unspecified atom stereocenters. The van der Waals surface area contributed by atoms with E-state index in [1.165, 1.54) is 14.2 Å². The molecule has 4 aliphatic heterocycles. The van der Waals surface area contributed by atoms with Crippen molar-refractivity contribution in [2.45, 2.75) is 64.6 Å². The van der Waals surface area contributed by atoms with Gasteiger partial charge in [-0.05, 0) is 71.5 Å². The largest absolute Gasteiger partial charge is 0.497 e. The molecule has 8 rings (SSSR count). The molecular formula is C50H52N6O9. The molecule has 0 saturated carbocycles. The molecule has 0 bridgehead atoms. The summed E-state index contributed by atoms with van der Waals surface area (Å²) in [4.78, 5) is 65.4. The van der Waals surface area contributed by atoms with E-state index in [1.807, 2.05) is 62.6 Å². The molecule has 4 aliphatic rings. The third-order valence-corrected chi connectivity index (χ3v) is 11.6. The van der Waals surface area contributed by atoms with E-state index < -0.39 is 6.04 Å². The van der Waals surface area contributed by atoms with E-state index in [4.69, 9.17) is 33.7 Å². The van der Waals surface area contributed by atoms with Crippen molar-refractivity contribution in [3.8, 4) is 28.7 Å². The first-order chi connectivity index (χ1) is 31.4. The number of carbonyl (C=O) groups is 4. The average molecular weight is 881 g/mol. The van der Waals surface area contributed by atoms with Gasteiger partial charge in [0.25, 0.3) is 11.8 Å². The van der Waals surface area contributed by atoms with E-state index >= 15 is 0 Å². The van der Waals surface area contributed by atoms with Gasteiger partial charge < -0.3 is 44.1 Å². The zero-order valence-electron chi connectivity index (χ0n) is 37.3. The summed E-state index contributed by atoms with van der Waals surface area (Å²) < 4.78 is 28.9. The van der Waals surface area contributed by atoms with Crippen molar-refractivity contribution >= 4 is 64.3 Å². The second-order valence-corrected chi connectivity index (χ2v) is 16.6. The second-order valence-electron chi connectivity index (χ2n) is 16.6. The molecule has 0 saturated heterocycles. The smallest absolute Gasteiger partial charge is 0.260 e. The van der Waals surface area contributed by atoms with Gasteiger partial charge in [-0.3, -0.25) is 29.2 Å². The summed E-state index contributed by atoms with van der Waals surface area (Å²) in [6, 6.07) is 20.7. The van der Waals surface area contributed by atoms with Gasteiger partial charge in [-0.15, -0.1) is 0 Å². The number of nitrogens with zero attached hydrogens (tertiary/aromatic N) is 4. The second kappa shape index (κ2) is 19.1. The van der Waals surface area contributed by atoms with Crippen molar-refractivity contribution < 1.29 is 42.9 Å². The molecule has 4 heterocycles.